The molecule has 1 N–H and O–H groups in total. The van der Waals surface area contributed by atoms with Crippen LogP contribution in [-0.2, 0) is 0 Å². The van der Waals surface area contributed by atoms with Gasteiger partial charge in [0.05, 0.1) is 12.7 Å². The third-order valence-corrected chi connectivity index (χ3v) is 5.35. The number of methoxy groups -OCH3 is 1. The van der Waals surface area contributed by atoms with Crippen molar-refractivity contribution < 1.29 is 9.15 Å². The molecule has 0 spiro atoms. The molecular formula is C23H20N6O2. The maximum absolute atomic E-state index is 9.78. The molecule has 0 amide bonds. The van der Waals surface area contributed by atoms with E-state index in [1.807, 2.05) is 38.3 Å². The van der Waals surface area contributed by atoms with Crippen molar-refractivity contribution in [2.75, 3.05) is 7.11 Å². The van der Waals surface area contributed by atoms with E-state index in [4.69, 9.17) is 9.15 Å². The van der Waals surface area contributed by atoms with E-state index in [-0.39, 0.29) is 0 Å². The first-order valence-electron chi connectivity index (χ1n) is 9.60. The lowest BCUT2D eigenvalue weighted by molar-refractivity contribution is 0.399. The Balaban J connectivity index is 1.82. The smallest absolute Gasteiger partial charge is 0.222 e. The molecule has 4 aromatic heterocycles. The number of rotatable bonds is 4. The molecule has 31 heavy (non-hydrogen) atoms. The zero-order valence-electron chi connectivity index (χ0n) is 17.9. The second-order valence-electron chi connectivity index (χ2n) is 7.21. The fraction of sp³-hybridized carbons (Fsp3) is 0.217. The Hall–Kier alpha value is -4.30. The van der Waals surface area contributed by atoms with E-state index in [2.05, 4.69) is 27.1 Å². The number of allylic oxidation sites excluding steroid dienone is 1. The van der Waals surface area contributed by atoms with E-state index in [1.54, 1.807) is 25.3 Å². The largest absolute Gasteiger partial charge is 0.481 e. The Kier molecular flexibility index (Phi) is 4.84. The quantitative estimate of drug-likeness (QED) is 0.493. The Morgan fingerprint density at radius 1 is 1.19 bits per heavy atom. The van der Waals surface area contributed by atoms with Crippen LogP contribution in [0.1, 0.15) is 39.7 Å². The van der Waals surface area contributed by atoms with Crippen LogP contribution in [0.15, 0.2) is 22.6 Å². The molecular weight excluding hydrogens is 392 g/mol. The van der Waals surface area contributed by atoms with Crippen molar-refractivity contribution in [2.24, 2.45) is 0 Å². The van der Waals surface area contributed by atoms with Crippen LogP contribution in [0.3, 0.4) is 0 Å². The van der Waals surface area contributed by atoms with E-state index in [0.29, 0.717) is 45.6 Å². The second-order valence-corrected chi connectivity index (χ2v) is 7.21. The van der Waals surface area contributed by atoms with E-state index in [9.17, 15) is 10.5 Å². The van der Waals surface area contributed by atoms with E-state index < -0.39 is 0 Å². The highest BCUT2D eigenvalue weighted by Crippen LogP contribution is 2.30. The minimum Gasteiger partial charge on any atom is -0.481 e. The molecule has 0 aliphatic rings. The van der Waals surface area contributed by atoms with Gasteiger partial charge in [0.2, 0.25) is 11.8 Å². The molecule has 0 bridgehead atoms. The van der Waals surface area contributed by atoms with Crippen molar-refractivity contribution >= 4 is 22.8 Å². The van der Waals surface area contributed by atoms with Crippen LogP contribution in [0.5, 0.6) is 5.88 Å². The average Bonchev–Trinajstić information content (AvgIpc) is 3.39. The summed E-state index contributed by atoms with van der Waals surface area (Å²) in [5.41, 5.74) is 5.45. The van der Waals surface area contributed by atoms with Gasteiger partial charge in [-0.2, -0.15) is 15.5 Å². The number of hydrogen-bond acceptors (Lipinski definition) is 6. The van der Waals surface area contributed by atoms with Gasteiger partial charge in [-0.05, 0) is 51.5 Å². The minimum absolute atomic E-state index is 0.365. The molecule has 0 saturated carbocycles. The van der Waals surface area contributed by atoms with Gasteiger partial charge in [-0.1, -0.05) is 0 Å². The average molecular weight is 412 g/mol. The number of aromatic amines is 1. The predicted octanol–water partition coefficient (Wildman–Crippen LogP) is 4.52. The zero-order chi connectivity index (χ0) is 22.3. The van der Waals surface area contributed by atoms with Crippen molar-refractivity contribution in [3.63, 3.8) is 0 Å². The van der Waals surface area contributed by atoms with Gasteiger partial charge in [0, 0.05) is 23.0 Å². The SMILES string of the molecule is COc1ccc2nc(/C(C#N)=C/c3cc(C)n(-c4oc(C)c(C)c4C#N)c3C)[nH]c2n1. The fourth-order valence-electron chi connectivity index (χ4n) is 3.57. The van der Waals surface area contributed by atoms with E-state index >= 15 is 0 Å². The molecule has 4 rings (SSSR count). The van der Waals surface area contributed by atoms with Crippen LogP contribution in [0, 0.1) is 50.4 Å². The van der Waals surface area contributed by atoms with Crippen LogP contribution in [-0.4, -0.2) is 26.6 Å². The number of aromatic nitrogens is 4. The number of fused-ring (bicyclic) bond motifs is 1. The Morgan fingerprint density at radius 2 is 1.97 bits per heavy atom. The Labute approximate surface area is 179 Å². The van der Waals surface area contributed by atoms with Crippen LogP contribution in [0.25, 0.3) is 28.7 Å². The molecule has 0 fully saturated rings. The van der Waals surface area contributed by atoms with Gasteiger partial charge in [-0.25, -0.2) is 4.98 Å². The van der Waals surface area contributed by atoms with Crippen molar-refractivity contribution in [3.8, 4) is 23.9 Å². The highest BCUT2D eigenvalue weighted by atomic mass is 16.5. The highest BCUT2D eigenvalue weighted by molar-refractivity contribution is 5.90. The Bertz CT molecular complexity index is 1440. The first-order chi connectivity index (χ1) is 14.9. The van der Waals surface area contributed by atoms with Gasteiger partial charge < -0.3 is 14.1 Å². The molecule has 0 radical (unpaired) electrons. The molecule has 8 heteroatoms. The summed E-state index contributed by atoms with van der Waals surface area (Å²) in [6.45, 7) is 7.57. The number of H-pyrrole nitrogens is 1. The van der Waals surface area contributed by atoms with Crippen molar-refractivity contribution in [3.05, 3.63) is 57.9 Å². The van der Waals surface area contributed by atoms with Crippen molar-refractivity contribution in [1.82, 2.24) is 19.5 Å². The first kappa shape index (κ1) is 20.0. The lowest BCUT2D eigenvalue weighted by Crippen LogP contribution is -2.00. The zero-order valence-corrected chi connectivity index (χ0v) is 17.9. The van der Waals surface area contributed by atoms with Crippen molar-refractivity contribution in [1.29, 1.82) is 10.5 Å². The minimum atomic E-state index is 0.365. The standard InChI is InChI=1S/C23H20N6O2/c1-12-8-16(14(3)29(12)23-18(11-25)13(2)15(4)31-23)9-17(10-24)21-26-19-6-7-20(30-5)27-22(19)28-21/h6-9H,1-5H3,(H,26,27,28)/b17-9+. The third-order valence-electron chi connectivity index (χ3n) is 5.35. The molecule has 0 aliphatic heterocycles. The number of furan rings is 1. The molecule has 0 unspecified atom stereocenters. The summed E-state index contributed by atoms with van der Waals surface area (Å²) in [5.74, 6) is 2.08. The van der Waals surface area contributed by atoms with Crippen LogP contribution < -0.4 is 4.74 Å². The van der Waals surface area contributed by atoms with Gasteiger partial charge in [-0.3, -0.25) is 4.57 Å². The number of hydrogen-bond donors (Lipinski definition) is 1. The number of pyridine rings is 1. The van der Waals surface area contributed by atoms with Gasteiger partial charge in [0.15, 0.2) is 5.65 Å². The molecule has 0 saturated heterocycles. The van der Waals surface area contributed by atoms with E-state index in [0.717, 1.165) is 22.5 Å². The summed E-state index contributed by atoms with van der Waals surface area (Å²) in [5, 5.41) is 19.4. The molecule has 8 nitrogen and oxygen atoms in total. The molecule has 0 aromatic carbocycles. The first-order valence-corrected chi connectivity index (χ1v) is 9.60. The number of nitriles is 2. The topological polar surface area (TPSA) is 116 Å². The number of nitrogens with one attached hydrogen (secondary N) is 1. The second kappa shape index (κ2) is 7.51. The highest BCUT2D eigenvalue weighted by Gasteiger charge is 2.20. The predicted molar refractivity (Wildman–Crippen MR) is 116 cm³/mol. The summed E-state index contributed by atoms with van der Waals surface area (Å²) in [6, 6.07) is 9.90. The summed E-state index contributed by atoms with van der Waals surface area (Å²) < 4.78 is 12.9. The third kappa shape index (κ3) is 3.24. The number of nitrogens with zero attached hydrogens (tertiary/aromatic N) is 5. The molecule has 4 heterocycles. The van der Waals surface area contributed by atoms with Crippen molar-refractivity contribution in [2.45, 2.75) is 27.7 Å². The van der Waals surface area contributed by atoms with Crippen LogP contribution in [0.2, 0.25) is 0 Å². The monoisotopic (exact) mass is 412 g/mol. The lowest BCUT2D eigenvalue weighted by atomic mass is 10.1. The van der Waals surface area contributed by atoms with Gasteiger partial charge in [0.1, 0.15) is 34.8 Å². The molecule has 154 valence electrons. The summed E-state index contributed by atoms with van der Waals surface area (Å²) in [6.07, 6.45) is 1.77. The molecule has 0 atom stereocenters. The van der Waals surface area contributed by atoms with Gasteiger partial charge in [-0.15, -0.1) is 0 Å². The molecule has 0 aliphatic carbocycles. The van der Waals surface area contributed by atoms with Crippen LogP contribution >= 0.6 is 0 Å². The maximum atomic E-state index is 9.78. The number of ether oxygens (including phenoxy) is 1. The number of aryl methyl sites for hydroxylation is 2. The lowest BCUT2D eigenvalue weighted by Gasteiger charge is -2.06. The maximum Gasteiger partial charge on any atom is 0.222 e. The summed E-state index contributed by atoms with van der Waals surface area (Å²) in [4.78, 5) is 11.9. The fourth-order valence-corrected chi connectivity index (χ4v) is 3.57. The molecule has 4 aromatic rings. The van der Waals surface area contributed by atoms with Gasteiger partial charge >= 0.3 is 0 Å². The Morgan fingerprint density at radius 3 is 2.65 bits per heavy atom. The normalized spacial score (nSPS) is 11.5. The van der Waals surface area contributed by atoms with Gasteiger partial charge in [0.25, 0.3) is 0 Å². The van der Waals surface area contributed by atoms with E-state index in [1.165, 1.54) is 0 Å². The number of imidazole rings is 1. The van der Waals surface area contributed by atoms with Crippen LogP contribution in [0.4, 0.5) is 0 Å². The summed E-state index contributed by atoms with van der Waals surface area (Å²) in [7, 11) is 1.54. The summed E-state index contributed by atoms with van der Waals surface area (Å²) >= 11 is 0.